The van der Waals surface area contributed by atoms with Crippen LogP contribution in [0.15, 0.2) is 0 Å². The smallest absolute Gasteiger partial charge is 0.407 e. The van der Waals surface area contributed by atoms with Crippen molar-refractivity contribution in [2.75, 3.05) is 12.3 Å². The molecule has 2 rings (SSSR count). The molecule has 2 aliphatic carbocycles. The van der Waals surface area contributed by atoms with Crippen molar-refractivity contribution in [3.63, 3.8) is 0 Å². The topological polar surface area (TPSA) is 92.7 Å². The zero-order valence-electron chi connectivity index (χ0n) is 12.7. The summed E-state index contributed by atoms with van der Waals surface area (Å²) in [7, 11) is -4.06. The van der Waals surface area contributed by atoms with E-state index < -0.39 is 27.6 Å². The Kier molecular flexibility index (Phi) is 4.82. The fourth-order valence-electron chi connectivity index (χ4n) is 4.16. The van der Waals surface area contributed by atoms with Gasteiger partial charge >= 0.3 is 6.09 Å². The number of amides is 1. The van der Waals surface area contributed by atoms with Crippen LogP contribution in [0, 0.1) is 17.8 Å². The molecular weight excluding hydrogens is 294 g/mol. The number of hydrogen-bond donors (Lipinski definition) is 2. The largest absolute Gasteiger partial charge is 0.443 e. The molecule has 0 aromatic carbocycles. The minimum absolute atomic E-state index is 0.141. The van der Waals surface area contributed by atoms with Gasteiger partial charge in [-0.1, -0.05) is 6.92 Å². The molecule has 7 heteroatoms. The van der Waals surface area contributed by atoms with Crippen molar-refractivity contribution < 1.29 is 22.5 Å². The highest BCUT2D eigenvalue weighted by atomic mass is 32.2. The molecule has 2 fully saturated rings. The van der Waals surface area contributed by atoms with Crippen molar-refractivity contribution in [2.45, 2.75) is 51.6 Å². The molecule has 0 aromatic heterocycles. The number of hydrogen-bond acceptors (Lipinski definition) is 4. The molecule has 21 heavy (non-hydrogen) atoms. The maximum absolute atomic E-state index is 11.8. The molecule has 0 radical (unpaired) electrons. The second kappa shape index (κ2) is 6.12. The molecule has 2 aliphatic rings. The first-order valence-electron chi connectivity index (χ1n) is 7.57. The summed E-state index contributed by atoms with van der Waals surface area (Å²) in [5, 5.41) is 2.39. The van der Waals surface area contributed by atoms with Crippen LogP contribution >= 0.6 is 0 Å². The van der Waals surface area contributed by atoms with Gasteiger partial charge in [-0.3, -0.25) is 4.55 Å². The van der Waals surface area contributed by atoms with Gasteiger partial charge in [-0.2, -0.15) is 8.42 Å². The summed E-state index contributed by atoms with van der Waals surface area (Å²) in [6, 6.07) is 0. The predicted molar refractivity (Wildman–Crippen MR) is 78.5 cm³/mol. The number of fused-ring (bicyclic) bond motifs is 2. The molecule has 2 saturated carbocycles. The van der Waals surface area contributed by atoms with Crippen molar-refractivity contribution in [1.29, 1.82) is 0 Å². The van der Waals surface area contributed by atoms with Crippen molar-refractivity contribution in [3.05, 3.63) is 0 Å². The molecule has 2 atom stereocenters. The Hall–Kier alpha value is -0.820. The fraction of sp³-hybridized carbons (Fsp3) is 0.929. The Morgan fingerprint density at radius 3 is 2.38 bits per heavy atom. The molecule has 2 bridgehead atoms. The summed E-state index contributed by atoms with van der Waals surface area (Å²) < 4.78 is 35.3. The zero-order valence-corrected chi connectivity index (χ0v) is 13.5. The summed E-state index contributed by atoms with van der Waals surface area (Å²) in [4.78, 5) is 11.8. The Morgan fingerprint density at radius 2 is 1.86 bits per heavy atom. The Morgan fingerprint density at radius 1 is 1.29 bits per heavy atom. The van der Waals surface area contributed by atoms with Gasteiger partial charge in [-0.05, 0) is 56.8 Å². The summed E-state index contributed by atoms with van der Waals surface area (Å²) >= 11 is 0. The number of nitrogens with one attached hydrogen (secondary N) is 1. The van der Waals surface area contributed by atoms with Gasteiger partial charge in [0.05, 0.1) is 5.75 Å². The molecule has 1 amide bonds. The van der Waals surface area contributed by atoms with E-state index in [1.807, 2.05) is 6.92 Å². The maximum atomic E-state index is 11.8. The summed E-state index contributed by atoms with van der Waals surface area (Å²) in [5.41, 5.74) is -0.462. The third kappa shape index (κ3) is 5.14. The third-order valence-corrected chi connectivity index (χ3v) is 5.27. The lowest BCUT2D eigenvalue weighted by molar-refractivity contribution is -0.0556. The SMILES string of the molecule is CC1CC2CC(C1)CC(C)(OC(=O)NCCS(=O)(=O)O)C2. The molecule has 0 heterocycles. The molecule has 0 aromatic rings. The lowest BCUT2D eigenvalue weighted by atomic mass is 9.64. The van der Waals surface area contributed by atoms with Gasteiger partial charge in [-0.15, -0.1) is 0 Å². The van der Waals surface area contributed by atoms with E-state index in [1.54, 1.807) is 0 Å². The zero-order chi connectivity index (χ0) is 15.7. The second-order valence-electron chi connectivity index (χ2n) is 7.00. The average Bonchev–Trinajstić information content (AvgIpc) is 2.23. The van der Waals surface area contributed by atoms with Crippen LogP contribution in [-0.2, 0) is 14.9 Å². The number of carbonyl (C=O) groups excluding carboxylic acids is 1. The van der Waals surface area contributed by atoms with E-state index in [2.05, 4.69) is 12.2 Å². The Labute approximate surface area is 126 Å². The monoisotopic (exact) mass is 319 g/mol. The maximum Gasteiger partial charge on any atom is 0.407 e. The van der Waals surface area contributed by atoms with Gasteiger partial charge < -0.3 is 10.1 Å². The minimum atomic E-state index is -4.06. The van der Waals surface area contributed by atoms with E-state index in [4.69, 9.17) is 9.29 Å². The summed E-state index contributed by atoms with van der Waals surface area (Å²) in [5.74, 6) is 1.48. The Balaban J connectivity index is 1.83. The number of rotatable bonds is 4. The van der Waals surface area contributed by atoms with Gasteiger partial charge in [-0.25, -0.2) is 4.79 Å². The second-order valence-corrected chi connectivity index (χ2v) is 8.58. The third-order valence-electron chi connectivity index (χ3n) is 4.55. The van der Waals surface area contributed by atoms with Gasteiger partial charge in [0.1, 0.15) is 5.60 Å². The van der Waals surface area contributed by atoms with Crippen LogP contribution in [0.5, 0.6) is 0 Å². The van der Waals surface area contributed by atoms with E-state index in [1.165, 1.54) is 19.3 Å². The molecule has 0 spiro atoms. The first-order chi connectivity index (χ1) is 9.65. The van der Waals surface area contributed by atoms with Crippen LogP contribution in [0.2, 0.25) is 0 Å². The normalized spacial score (nSPS) is 36.0. The van der Waals surface area contributed by atoms with Gasteiger partial charge in [0.2, 0.25) is 0 Å². The van der Waals surface area contributed by atoms with Crippen LogP contribution in [0.3, 0.4) is 0 Å². The predicted octanol–water partition coefficient (Wildman–Crippen LogP) is 2.21. The molecule has 2 unspecified atom stereocenters. The lowest BCUT2D eigenvalue weighted by Crippen LogP contribution is -2.45. The van der Waals surface area contributed by atoms with Crippen LogP contribution in [0.4, 0.5) is 4.79 Å². The highest BCUT2D eigenvalue weighted by Crippen LogP contribution is 2.47. The van der Waals surface area contributed by atoms with Crippen molar-refractivity contribution in [2.24, 2.45) is 17.8 Å². The standard InChI is InChI=1S/C14H25NO5S/c1-10-5-11-7-12(6-10)9-14(2,8-11)20-13(16)15-3-4-21(17,18)19/h10-12H,3-9H2,1-2H3,(H,15,16)(H,17,18,19). The van der Waals surface area contributed by atoms with E-state index in [0.717, 1.165) is 18.8 Å². The molecular formula is C14H25NO5S. The van der Waals surface area contributed by atoms with Gasteiger partial charge in [0.15, 0.2) is 0 Å². The number of alkyl carbamates (subject to hydrolysis) is 1. The van der Waals surface area contributed by atoms with Crippen molar-refractivity contribution in [1.82, 2.24) is 5.32 Å². The first kappa shape index (κ1) is 16.5. The molecule has 0 aliphatic heterocycles. The highest BCUT2D eigenvalue weighted by molar-refractivity contribution is 7.85. The van der Waals surface area contributed by atoms with Gasteiger partial charge in [0, 0.05) is 6.54 Å². The molecule has 0 saturated heterocycles. The van der Waals surface area contributed by atoms with E-state index in [-0.39, 0.29) is 6.54 Å². The summed E-state index contributed by atoms with van der Waals surface area (Å²) in [6.07, 6.45) is 4.76. The van der Waals surface area contributed by atoms with E-state index in [0.29, 0.717) is 11.8 Å². The average molecular weight is 319 g/mol. The quantitative estimate of drug-likeness (QED) is 0.775. The van der Waals surface area contributed by atoms with Gasteiger partial charge in [0.25, 0.3) is 10.1 Å². The van der Waals surface area contributed by atoms with Crippen molar-refractivity contribution in [3.8, 4) is 0 Å². The van der Waals surface area contributed by atoms with Crippen LogP contribution in [0.25, 0.3) is 0 Å². The fourth-order valence-corrected chi connectivity index (χ4v) is 4.52. The first-order valence-corrected chi connectivity index (χ1v) is 9.18. The Bertz CT molecular complexity index is 472. The van der Waals surface area contributed by atoms with Crippen LogP contribution < -0.4 is 5.32 Å². The van der Waals surface area contributed by atoms with Crippen LogP contribution in [0.1, 0.15) is 46.0 Å². The molecule has 2 N–H and O–H groups in total. The van der Waals surface area contributed by atoms with Crippen molar-refractivity contribution >= 4 is 16.2 Å². The lowest BCUT2D eigenvalue weighted by Gasteiger charge is -2.46. The molecule has 122 valence electrons. The molecule has 6 nitrogen and oxygen atoms in total. The van der Waals surface area contributed by atoms with E-state index >= 15 is 0 Å². The van der Waals surface area contributed by atoms with Crippen LogP contribution in [-0.4, -0.2) is 37.0 Å². The number of carbonyl (C=O) groups is 1. The highest BCUT2D eigenvalue weighted by Gasteiger charge is 2.43. The number of ether oxygens (including phenoxy) is 1. The minimum Gasteiger partial charge on any atom is -0.443 e. The summed E-state index contributed by atoms with van der Waals surface area (Å²) in [6.45, 7) is 4.10. The van der Waals surface area contributed by atoms with E-state index in [9.17, 15) is 13.2 Å².